The summed E-state index contributed by atoms with van der Waals surface area (Å²) < 4.78 is 15.3. The van der Waals surface area contributed by atoms with Gasteiger partial charge in [0.05, 0.1) is 26.4 Å². The van der Waals surface area contributed by atoms with Crippen LogP contribution in [0, 0.1) is 0 Å². The predicted octanol–water partition coefficient (Wildman–Crippen LogP) is 1.28. The molecule has 0 spiro atoms. The maximum atomic E-state index is 5.32. The molecule has 5 nitrogen and oxygen atoms in total. The van der Waals surface area contributed by atoms with E-state index in [1.54, 1.807) is 6.07 Å². The van der Waals surface area contributed by atoms with E-state index in [2.05, 4.69) is 9.97 Å². The van der Waals surface area contributed by atoms with E-state index in [4.69, 9.17) is 14.2 Å². The molecule has 14 heavy (non-hydrogen) atoms. The van der Waals surface area contributed by atoms with Crippen LogP contribution in [0.2, 0.25) is 0 Å². The smallest absolute Gasteiger partial charge is 0.323 e. The first kappa shape index (κ1) is 10.6. The van der Waals surface area contributed by atoms with E-state index in [1.807, 2.05) is 13.8 Å². The van der Waals surface area contributed by atoms with Crippen LogP contribution in [0.4, 0.5) is 0 Å². The average Bonchev–Trinajstić information content (AvgIpc) is 2.16. The first-order valence-electron chi connectivity index (χ1n) is 4.29. The Bertz CT molecular complexity index is 280. The van der Waals surface area contributed by atoms with E-state index in [9.17, 15) is 0 Å². The second-order valence-corrected chi connectivity index (χ2v) is 2.90. The molecule has 0 fully saturated rings. The summed E-state index contributed by atoms with van der Waals surface area (Å²) in [7, 11) is 3.06. The van der Waals surface area contributed by atoms with E-state index >= 15 is 0 Å². The molecule has 1 rings (SSSR count). The third kappa shape index (κ3) is 2.76. The number of rotatable bonds is 4. The van der Waals surface area contributed by atoms with Crippen LogP contribution >= 0.6 is 0 Å². The molecule has 0 radical (unpaired) electrons. The fraction of sp³-hybridized carbons (Fsp3) is 0.556. The second-order valence-electron chi connectivity index (χ2n) is 2.90. The van der Waals surface area contributed by atoms with E-state index in [1.165, 1.54) is 14.2 Å². The minimum Gasteiger partial charge on any atom is -0.481 e. The number of ether oxygens (including phenoxy) is 3. The second kappa shape index (κ2) is 4.64. The highest BCUT2D eigenvalue weighted by atomic mass is 16.5. The standard InChI is InChI=1S/C9H14N2O3/c1-6(2)14-9-10-7(12-3)5-8(11-9)13-4/h5-6H,1-4H3. The highest BCUT2D eigenvalue weighted by Gasteiger charge is 2.07. The summed E-state index contributed by atoms with van der Waals surface area (Å²) in [6, 6.07) is 1.85. The molecule has 0 amide bonds. The van der Waals surface area contributed by atoms with Crippen LogP contribution in [-0.2, 0) is 0 Å². The molecule has 78 valence electrons. The first-order valence-corrected chi connectivity index (χ1v) is 4.29. The van der Waals surface area contributed by atoms with Crippen LogP contribution in [-0.4, -0.2) is 30.3 Å². The van der Waals surface area contributed by atoms with Gasteiger partial charge in [0.15, 0.2) is 0 Å². The van der Waals surface area contributed by atoms with Crippen molar-refractivity contribution in [2.24, 2.45) is 0 Å². The minimum absolute atomic E-state index is 0.0202. The van der Waals surface area contributed by atoms with Gasteiger partial charge < -0.3 is 14.2 Å². The Kier molecular flexibility index (Phi) is 3.50. The van der Waals surface area contributed by atoms with Gasteiger partial charge in [-0.25, -0.2) is 0 Å². The molecule has 1 aromatic rings. The van der Waals surface area contributed by atoms with Crippen molar-refractivity contribution in [3.05, 3.63) is 6.07 Å². The first-order chi connectivity index (χ1) is 6.65. The maximum absolute atomic E-state index is 5.32. The molecule has 0 aliphatic heterocycles. The van der Waals surface area contributed by atoms with Gasteiger partial charge in [-0.15, -0.1) is 0 Å². The average molecular weight is 198 g/mol. The Balaban J connectivity index is 2.92. The van der Waals surface area contributed by atoms with Crippen molar-refractivity contribution >= 4 is 0 Å². The lowest BCUT2D eigenvalue weighted by atomic mass is 10.5. The topological polar surface area (TPSA) is 53.5 Å². The van der Waals surface area contributed by atoms with Gasteiger partial charge in [-0.2, -0.15) is 9.97 Å². The Hall–Kier alpha value is -1.52. The lowest BCUT2D eigenvalue weighted by Crippen LogP contribution is -2.09. The quantitative estimate of drug-likeness (QED) is 0.729. The van der Waals surface area contributed by atoms with Crippen molar-refractivity contribution in [3.63, 3.8) is 0 Å². The van der Waals surface area contributed by atoms with E-state index in [0.717, 1.165) is 0 Å². The summed E-state index contributed by atoms with van der Waals surface area (Å²) in [4.78, 5) is 8.01. The Morgan fingerprint density at radius 1 is 1.07 bits per heavy atom. The van der Waals surface area contributed by atoms with Crippen LogP contribution in [0.5, 0.6) is 17.8 Å². The number of hydrogen-bond acceptors (Lipinski definition) is 5. The van der Waals surface area contributed by atoms with Crippen molar-refractivity contribution in [3.8, 4) is 17.8 Å². The Labute approximate surface area is 83.0 Å². The van der Waals surface area contributed by atoms with Crippen LogP contribution in [0.1, 0.15) is 13.8 Å². The summed E-state index contributed by atoms with van der Waals surface area (Å²) in [5.74, 6) is 0.847. The lowest BCUT2D eigenvalue weighted by molar-refractivity contribution is 0.214. The Morgan fingerprint density at radius 3 is 1.93 bits per heavy atom. The third-order valence-corrected chi connectivity index (χ3v) is 1.42. The van der Waals surface area contributed by atoms with Crippen LogP contribution in [0.25, 0.3) is 0 Å². The molecule has 0 aliphatic carbocycles. The molecule has 0 N–H and O–H groups in total. The summed E-state index contributed by atoms with van der Waals surface area (Å²) in [6.45, 7) is 3.80. The maximum Gasteiger partial charge on any atom is 0.323 e. The zero-order valence-electron chi connectivity index (χ0n) is 8.77. The summed E-state index contributed by atoms with van der Waals surface area (Å²) in [5.41, 5.74) is 0. The monoisotopic (exact) mass is 198 g/mol. The van der Waals surface area contributed by atoms with Crippen molar-refractivity contribution in [2.75, 3.05) is 14.2 Å². The van der Waals surface area contributed by atoms with Gasteiger partial charge in [-0.3, -0.25) is 0 Å². The van der Waals surface area contributed by atoms with Crippen molar-refractivity contribution in [1.29, 1.82) is 0 Å². The molecule has 0 bridgehead atoms. The molecule has 0 aliphatic rings. The van der Waals surface area contributed by atoms with Gasteiger partial charge >= 0.3 is 6.01 Å². The molecule has 1 heterocycles. The molecule has 0 unspecified atom stereocenters. The van der Waals surface area contributed by atoms with Gasteiger partial charge in [0.25, 0.3) is 0 Å². The molecule has 1 aromatic heterocycles. The van der Waals surface area contributed by atoms with Gasteiger partial charge in [0.1, 0.15) is 0 Å². The van der Waals surface area contributed by atoms with E-state index < -0.39 is 0 Å². The molecular formula is C9H14N2O3. The van der Waals surface area contributed by atoms with Crippen molar-refractivity contribution < 1.29 is 14.2 Å². The van der Waals surface area contributed by atoms with Gasteiger partial charge in [0, 0.05) is 0 Å². The number of nitrogens with zero attached hydrogens (tertiary/aromatic N) is 2. The molecule has 0 atom stereocenters. The van der Waals surface area contributed by atoms with Crippen LogP contribution in [0.15, 0.2) is 6.07 Å². The molecule has 0 saturated carbocycles. The van der Waals surface area contributed by atoms with Crippen LogP contribution in [0.3, 0.4) is 0 Å². The van der Waals surface area contributed by atoms with Gasteiger partial charge in [-0.05, 0) is 13.8 Å². The molecular weight excluding hydrogens is 184 g/mol. The third-order valence-electron chi connectivity index (χ3n) is 1.42. The molecule has 0 aromatic carbocycles. The Morgan fingerprint density at radius 2 is 1.57 bits per heavy atom. The number of methoxy groups -OCH3 is 2. The number of hydrogen-bond donors (Lipinski definition) is 0. The zero-order chi connectivity index (χ0) is 10.6. The predicted molar refractivity (Wildman–Crippen MR) is 50.9 cm³/mol. The largest absolute Gasteiger partial charge is 0.481 e. The minimum atomic E-state index is 0.0202. The zero-order valence-corrected chi connectivity index (χ0v) is 8.77. The fourth-order valence-corrected chi connectivity index (χ4v) is 0.856. The number of aromatic nitrogens is 2. The van der Waals surface area contributed by atoms with Gasteiger partial charge in [0.2, 0.25) is 11.8 Å². The highest BCUT2D eigenvalue weighted by Crippen LogP contribution is 2.19. The highest BCUT2D eigenvalue weighted by molar-refractivity contribution is 5.22. The van der Waals surface area contributed by atoms with Crippen molar-refractivity contribution in [1.82, 2.24) is 9.97 Å². The normalized spacial score (nSPS) is 10.1. The summed E-state index contributed by atoms with van der Waals surface area (Å²) in [6.07, 6.45) is 0.0202. The van der Waals surface area contributed by atoms with Crippen LogP contribution < -0.4 is 14.2 Å². The van der Waals surface area contributed by atoms with Gasteiger partial charge in [-0.1, -0.05) is 0 Å². The fourth-order valence-electron chi connectivity index (χ4n) is 0.856. The summed E-state index contributed by atoms with van der Waals surface area (Å²) in [5, 5.41) is 0. The lowest BCUT2D eigenvalue weighted by Gasteiger charge is -2.09. The molecule has 0 saturated heterocycles. The summed E-state index contributed by atoms with van der Waals surface area (Å²) >= 11 is 0. The van der Waals surface area contributed by atoms with Crippen molar-refractivity contribution in [2.45, 2.75) is 20.0 Å². The van der Waals surface area contributed by atoms with E-state index in [0.29, 0.717) is 11.8 Å². The SMILES string of the molecule is COc1cc(OC)nc(OC(C)C)n1. The molecule has 5 heteroatoms. The van der Waals surface area contributed by atoms with E-state index in [-0.39, 0.29) is 12.1 Å².